The minimum atomic E-state index is 0.317. The number of ether oxygens (including phenoxy) is 1. The van der Waals surface area contributed by atoms with Crippen molar-refractivity contribution in [3.8, 4) is 0 Å². The van der Waals surface area contributed by atoms with Crippen LogP contribution in [0.3, 0.4) is 0 Å². The number of thioether (sulfide) groups is 1. The van der Waals surface area contributed by atoms with E-state index < -0.39 is 0 Å². The van der Waals surface area contributed by atoms with Crippen molar-refractivity contribution in [2.45, 2.75) is 12.6 Å². The normalized spacial score (nSPS) is 22.5. The molecule has 0 bridgehead atoms. The van der Waals surface area contributed by atoms with Gasteiger partial charge in [-0.05, 0) is 13.5 Å². The van der Waals surface area contributed by atoms with Gasteiger partial charge in [0.25, 0.3) is 0 Å². The highest BCUT2D eigenvalue weighted by Gasteiger charge is 2.24. The van der Waals surface area contributed by atoms with Crippen molar-refractivity contribution in [1.82, 2.24) is 9.80 Å². The lowest BCUT2D eigenvalue weighted by Crippen LogP contribution is -2.47. The van der Waals surface area contributed by atoms with E-state index in [1.54, 1.807) is 11.8 Å². The van der Waals surface area contributed by atoms with Crippen molar-refractivity contribution < 1.29 is 4.74 Å². The summed E-state index contributed by atoms with van der Waals surface area (Å²) >= 11 is 6.86. The maximum absolute atomic E-state index is 5.34. The molecule has 76 valence electrons. The number of thiocarbonyl (C=S) groups is 1. The predicted molar refractivity (Wildman–Crippen MR) is 60.9 cm³/mol. The van der Waals surface area contributed by atoms with E-state index in [1.165, 1.54) is 0 Å². The summed E-state index contributed by atoms with van der Waals surface area (Å²) in [6, 6.07) is 0. The first kappa shape index (κ1) is 11.2. The molecule has 0 aromatic rings. The van der Waals surface area contributed by atoms with Crippen LogP contribution in [0.4, 0.5) is 0 Å². The second-order valence-electron chi connectivity index (χ2n) is 3.30. The van der Waals surface area contributed by atoms with Crippen LogP contribution in [0, 0.1) is 0 Å². The molecular formula is C8H16N2OS2. The van der Waals surface area contributed by atoms with Gasteiger partial charge in [-0.3, -0.25) is 4.90 Å². The molecule has 1 heterocycles. The average molecular weight is 220 g/mol. The Bertz CT molecular complexity index is 187. The van der Waals surface area contributed by atoms with Crippen molar-refractivity contribution in [2.24, 2.45) is 0 Å². The van der Waals surface area contributed by atoms with E-state index in [2.05, 4.69) is 11.9 Å². The van der Waals surface area contributed by atoms with E-state index >= 15 is 0 Å². The van der Waals surface area contributed by atoms with Gasteiger partial charge < -0.3 is 9.64 Å². The molecule has 0 aromatic carbocycles. The van der Waals surface area contributed by atoms with Gasteiger partial charge in [0.2, 0.25) is 0 Å². The first-order valence-electron chi connectivity index (χ1n) is 4.27. The van der Waals surface area contributed by atoms with Crippen LogP contribution in [-0.4, -0.2) is 54.0 Å². The molecule has 1 aliphatic heterocycles. The number of hydrogen-bond acceptors (Lipinski definition) is 4. The van der Waals surface area contributed by atoms with Crippen LogP contribution in [0.25, 0.3) is 0 Å². The Morgan fingerprint density at radius 2 is 2.38 bits per heavy atom. The largest absolute Gasteiger partial charge is 0.364 e. The van der Waals surface area contributed by atoms with Crippen LogP contribution in [0.1, 0.15) is 6.42 Å². The minimum Gasteiger partial charge on any atom is -0.364 e. The SMILES string of the molecule is CN(C)C(=S)SCCC1OCN1C. The molecule has 1 atom stereocenters. The van der Waals surface area contributed by atoms with Crippen molar-refractivity contribution in [1.29, 1.82) is 0 Å². The third kappa shape index (κ3) is 3.42. The molecular weight excluding hydrogens is 204 g/mol. The first-order valence-corrected chi connectivity index (χ1v) is 5.66. The lowest BCUT2D eigenvalue weighted by molar-refractivity contribution is -0.206. The Labute approximate surface area is 89.4 Å². The molecule has 1 fully saturated rings. The Morgan fingerprint density at radius 3 is 2.77 bits per heavy atom. The first-order chi connectivity index (χ1) is 6.11. The Hall–Kier alpha value is 0.160. The van der Waals surface area contributed by atoms with Gasteiger partial charge in [-0.25, -0.2) is 0 Å². The Morgan fingerprint density at radius 1 is 1.69 bits per heavy atom. The standard InChI is InChI=1S/C8H16N2OS2/c1-9(2)8(12)13-5-4-7-10(3)6-11-7/h7H,4-6H2,1-3H3. The maximum Gasteiger partial charge on any atom is 0.135 e. The molecule has 13 heavy (non-hydrogen) atoms. The van der Waals surface area contributed by atoms with Crippen molar-refractivity contribution in [3.63, 3.8) is 0 Å². The summed E-state index contributed by atoms with van der Waals surface area (Å²) in [5.41, 5.74) is 0. The average Bonchev–Trinajstić information content (AvgIpc) is 2.09. The topological polar surface area (TPSA) is 15.7 Å². The molecule has 0 amide bonds. The smallest absolute Gasteiger partial charge is 0.135 e. The molecule has 1 rings (SSSR count). The quantitative estimate of drug-likeness (QED) is 0.662. The van der Waals surface area contributed by atoms with Crippen molar-refractivity contribution >= 4 is 28.3 Å². The van der Waals surface area contributed by atoms with E-state index in [0.717, 1.165) is 23.2 Å². The highest BCUT2D eigenvalue weighted by molar-refractivity contribution is 8.22. The van der Waals surface area contributed by atoms with E-state index in [1.807, 2.05) is 19.0 Å². The zero-order valence-corrected chi connectivity index (χ0v) is 9.95. The van der Waals surface area contributed by atoms with Gasteiger partial charge >= 0.3 is 0 Å². The number of hydrogen-bond donors (Lipinski definition) is 0. The summed E-state index contributed by atoms with van der Waals surface area (Å²) < 4.78 is 6.29. The fourth-order valence-corrected chi connectivity index (χ4v) is 2.01. The van der Waals surface area contributed by atoms with Gasteiger partial charge in [0.05, 0.1) is 0 Å². The van der Waals surface area contributed by atoms with Gasteiger partial charge in [-0.1, -0.05) is 24.0 Å². The monoisotopic (exact) mass is 220 g/mol. The fourth-order valence-electron chi connectivity index (χ4n) is 1.01. The Balaban J connectivity index is 2.04. The van der Waals surface area contributed by atoms with E-state index in [0.29, 0.717) is 6.23 Å². The molecule has 5 heteroatoms. The van der Waals surface area contributed by atoms with Gasteiger partial charge in [0.15, 0.2) is 0 Å². The fraction of sp³-hybridized carbons (Fsp3) is 0.875. The van der Waals surface area contributed by atoms with Crippen LogP contribution in [0.2, 0.25) is 0 Å². The molecule has 0 saturated carbocycles. The molecule has 0 N–H and O–H groups in total. The van der Waals surface area contributed by atoms with Gasteiger partial charge in [0.1, 0.15) is 17.3 Å². The molecule has 1 aliphatic rings. The van der Waals surface area contributed by atoms with E-state index in [-0.39, 0.29) is 0 Å². The summed E-state index contributed by atoms with van der Waals surface area (Å²) in [7, 11) is 6.02. The lowest BCUT2D eigenvalue weighted by atomic mass is 10.3. The van der Waals surface area contributed by atoms with Crippen LogP contribution >= 0.6 is 24.0 Å². The molecule has 0 aliphatic carbocycles. The summed E-state index contributed by atoms with van der Waals surface area (Å²) in [4.78, 5) is 4.16. The predicted octanol–water partition coefficient (Wildman–Crippen LogP) is 1.20. The second-order valence-corrected chi connectivity index (χ2v) is 5.03. The van der Waals surface area contributed by atoms with Crippen molar-refractivity contribution in [2.75, 3.05) is 33.6 Å². The molecule has 1 unspecified atom stereocenters. The summed E-state index contributed by atoms with van der Waals surface area (Å²) in [6.45, 7) is 0.771. The zero-order valence-electron chi connectivity index (χ0n) is 8.32. The van der Waals surface area contributed by atoms with E-state index in [4.69, 9.17) is 17.0 Å². The second kappa shape index (κ2) is 5.14. The van der Waals surface area contributed by atoms with Crippen LogP contribution < -0.4 is 0 Å². The minimum absolute atomic E-state index is 0.317. The number of rotatable bonds is 3. The van der Waals surface area contributed by atoms with E-state index in [9.17, 15) is 0 Å². The van der Waals surface area contributed by atoms with Crippen LogP contribution in [-0.2, 0) is 4.74 Å². The zero-order chi connectivity index (χ0) is 9.84. The third-order valence-electron chi connectivity index (χ3n) is 1.92. The maximum atomic E-state index is 5.34. The molecule has 0 radical (unpaired) electrons. The molecule has 0 aromatic heterocycles. The Kier molecular flexibility index (Phi) is 4.45. The molecule has 3 nitrogen and oxygen atoms in total. The summed E-state index contributed by atoms with van der Waals surface area (Å²) in [5, 5.41) is 0. The van der Waals surface area contributed by atoms with Gasteiger partial charge in [-0.15, -0.1) is 0 Å². The molecule has 1 saturated heterocycles. The van der Waals surface area contributed by atoms with Crippen LogP contribution in [0.5, 0.6) is 0 Å². The summed E-state index contributed by atoms with van der Waals surface area (Å²) in [5.74, 6) is 1.03. The lowest BCUT2D eigenvalue weighted by Gasteiger charge is -2.37. The third-order valence-corrected chi connectivity index (χ3v) is 3.69. The van der Waals surface area contributed by atoms with Crippen molar-refractivity contribution in [3.05, 3.63) is 0 Å². The number of nitrogens with zero attached hydrogens (tertiary/aromatic N) is 2. The van der Waals surface area contributed by atoms with Crippen LogP contribution in [0.15, 0.2) is 0 Å². The highest BCUT2D eigenvalue weighted by Crippen LogP contribution is 2.17. The molecule has 0 spiro atoms. The van der Waals surface area contributed by atoms with Gasteiger partial charge in [-0.2, -0.15) is 0 Å². The highest BCUT2D eigenvalue weighted by atomic mass is 32.2. The summed E-state index contributed by atoms with van der Waals surface area (Å²) in [6.07, 6.45) is 1.37. The van der Waals surface area contributed by atoms with Gasteiger partial charge in [0, 0.05) is 19.8 Å².